The first kappa shape index (κ1) is 17.8. The summed E-state index contributed by atoms with van der Waals surface area (Å²) >= 11 is 0. The minimum atomic E-state index is -3.59. The number of hydrogen-bond donors (Lipinski definition) is 1. The van der Waals surface area contributed by atoms with Gasteiger partial charge in [0.25, 0.3) is 0 Å². The van der Waals surface area contributed by atoms with Gasteiger partial charge >= 0.3 is 0 Å². The fourth-order valence-electron chi connectivity index (χ4n) is 2.16. The zero-order valence-corrected chi connectivity index (χ0v) is 13.7. The largest absolute Gasteiger partial charge is 0.383 e. The standard InChI is InChI=1S/C15H24N2O3S/c1-5-6-17(7-8-20-4)21(18,19)15-10-14(11-16)12(2)9-13(15)3/h5,9-10H,1,6-8,11,16H2,2-4H3. The van der Waals surface area contributed by atoms with Crippen molar-refractivity contribution >= 4 is 10.0 Å². The van der Waals surface area contributed by atoms with E-state index in [2.05, 4.69) is 6.58 Å². The summed E-state index contributed by atoms with van der Waals surface area (Å²) in [6, 6.07) is 3.53. The lowest BCUT2D eigenvalue weighted by Gasteiger charge is -2.22. The highest BCUT2D eigenvalue weighted by molar-refractivity contribution is 7.89. The van der Waals surface area contributed by atoms with Gasteiger partial charge in [0, 0.05) is 26.7 Å². The molecule has 0 heterocycles. The van der Waals surface area contributed by atoms with Crippen molar-refractivity contribution < 1.29 is 13.2 Å². The molecule has 1 aromatic carbocycles. The molecule has 21 heavy (non-hydrogen) atoms. The number of hydrogen-bond acceptors (Lipinski definition) is 4. The number of nitrogens with zero attached hydrogens (tertiary/aromatic N) is 1. The van der Waals surface area contributed by atoms with Crippen LogP contribution < -0.4 is 5.73 Å². The molecule has 0 radical (unpaired) electrons. The molecule has 0 saturated heterocycles. The quantitative estimate of drug-likeness (QED) is 0.740. The Balaban J connectivity index is 3.29. The summed E-state index contributed by atoms with van der Waals surface area (Å²) in [6.07, 6.45) is 1.57. The molecule has 0 unspecified atom stereocenters. The predicted molar refractivity (Wildman–Crippen MR) is 84.6 cm³/mol. The van der Waals surface area contributed by atoms with Crippen LogP contribution in [0, 0.1) is 13.8 Å². The Kier molecular flexibility index (Phi) is 6.54. The van der Waals surface area contributed by atoms with E-state index in [4.69, 9.17) is 10.5 Å². The van der Waals surface area contributed by atoms with Crippen LogP contribution in [0.15, 0.2) is 29.7 Å². The van der Waals surface area contributed by atoms with E-state index in [9.17, 15) is 8.42 Å². The molecule has 118 valence electrons. The van der Waals surface area contributed by atoms with Gasteiger partial charge in [-0.15, -0.1) is 6.58 Å². The number of methoxy groups -OCH3 is 1. The molecule has 0 aliphatic carbocycles. The third-order valence-electron chi connectivity index (χ3n) is 3.35. The van der Waals surface area contributed by atoms with E-state index in [1.807, 2.05) is 13.0 Å². The Bertz CT molecular complexity index is 597. The molecule has 6 heteroatoms. The highest BCUT2D eigenvalue weighted by atomic mass is 32.2. The average molecular weight is 312 g/mol. The van der Waals surface area contributed by atoms with Gasteiger partial charge in [-0.2, -0.15) is 4.31 Å². The van der Waals surface area contributed by atoms with Gasteiger partial charge in [0.15, 0.2) is 0 Å². The fraction of sp³-hybridized carbons (Fsp3) is 0.467. The number of aryl methyl sites for hydroxylation is 2. The highest BCUT2D eigenvalue weighted by Gasteiger charge is 2.25. The van der Waals surface area contributed by atoms with E-state index in [-0.39, 0.29) is 13.1 Å². The normalized spacial score (nSPS) is 11.9. The average Bonchev–Trinajstić information content (AvgIpc) is 2.43. The summed E-state index contributed by atoms with van der Waals surface area (Å²) in [7, 11) is -2.04. The van der Waals surface area contributed by atoms with Crippen LogP contribution in [0.1, 0.15) is 16.7 Å². The van der Waals surface area contributed by atoms with Crippen molar-refractivity contribution in [1.82, 2.24) is 4.31 Å². The molecule has 0 aromatic heterocycles. The van der Waals surface area contributed by atoms with Gasteiger partial charge in [0.1, 0.15) is 0 Å². The van der Waals surface area contributed by atoms with Crippen LogP contribution in [0.4, 0.5) is 0 Å². The molecule has 0 bridgehead atoms. The van der Waals surface area contributed by atoms with Crippen molar-refractivity contribution in [2.45, 2.75) is 25.3 Å². The van der Waals surface area contributed by atoms with Crippen molar-refractivity contribution in [1.29, 1.82) is 0 Å². The Morgan fingerprint density at radius 1 is 1.33 bits per heavy atom. The second kappa shape index (κ2) is 7.70. The summed E-state index contributed by atoms with van der Waals surface area (Å²) in [5.41, 5.74) is 8.24. The maximum atomic E-state index is 12.8. The zero-order valence-electron chi connectivity index (χ0n) is 12.9. The molecule has 0 amide bonds. The Morgan fingerprint density at radius 3 is 2.52 bits per heavy atom. The van der Waals surface area contributed by atoms with Crippen LogP contribution in [-0.2, 0) is 21.3 Å². The van der Waals surface area contributed by atoms with Crippen LogP contribution in [-0.4, -0.2) is 39.5 Å². The van der Waals surface area contributed by atoms with Crippen molar-refractivity contribution in [3.05, 3.63) is 41.5 Å². The zero-order chi connectivity index (χ0) is 16.0. The first-order chi connectivity index (χ1) is 9.88. The van der Waals surface area contributed by atoms with Gasteiger partial charge in [-0.3, -0.25) is 0 Å². The number of nitrogens with two attached hydrogens (primary N) is 1. The number of benzene rings is 1. The van der Waals surface area contributed by atoms with Crippen LogP contribution >= 0.6 is 0 Å². The summed E-state index contributed by atoms with van der Waals surface area (Å²) in [6.45, 7) is 8.53. The minimum absolute atomic E-state index is 0.247. The number of sulfonamides is 1. The Labute approximate surface area is 127 Å². The molecule has 0 atom stereocenters. The summed E-state index contributed by atoms with van der Waals surface area (Å²) in [5, 5.41) is 0. The smallest absolute Gasteiger partial charge is 0.243 e. The summed E-state index contributed by atoms with van der Waals surface area (Å²) < 4.78 is 32.0. The van der Waals surface area contributed by atoms with Gasteiger partial charge in [-0.05, 0) is 36.6 Å². The lowest BCUT2D eigenvalue weighted by atomic mass is 10.1. The molecule has 0 spiro atoms. The van der Waals surface area contributed by atoms with E-state index in [1.165, 1.54) is 4.31 Å². The number of rotatable bonds is 8. The van der Waals surface area contributed by atoms with Crippen molar-refractivity contribution in [3.63, 3.8) is 0 Å². The third-order valence-corrected chi connectivity index (χ3v) is 5.36. The molecule has 0 aliphatic heterocycles. The molecule has 0 saturated carbocycles. The molecular formula is C15H24N2O3S. The van der Waals surface area contributed by atoms with Gasteiger partial charge in [0.2, 0.25) is 10.0 Å². The van der Waals surface area contributed by atoms with E-state index in [0.717, 1.165) is 16.7 Å². The third kappa shape index (κ3) is 4.14. The Hall–Kier alpha value is -1.21. The maximum absolute atomic E-state index is 12.8. The number of ether oxygens (including phenoxy) is 1. The molecule has 2 N–H and O–H groups in total. The monoisotopic (exact) mass is 312 g/mol. The van der Waals surface area contributed by atoms with E-state index in [1.54, 1.807) is 26.2 Å². The van der Waals surface area contributed by atoms with E-state index in [0.29, 0.717) is 18.0 Å². The summed E-state index contributed by atoms with van der Waals surface area (Å²) in [5.74, 6) is 0. The lowest BCUT2D eigenvalue weighted by molar-refractivity contribution is 0.182. The van der Waals surface area contributed by atoms with Crippen molar-refractivity contribution in [2.24, 2.45) is 5.73 Å². The van der Waals surface area contributed by atoms with Gasteiger partial charge in [-0.25, -0.2) is 8.42 Å². The first-order valence-corrected chi connectivity index (χ1v) is 8.22. The molecule has 1 aromatic rings. The molecule has 5 nitrogen and oxygen atoms in total. The molecular weight excluding hydrogens is 288 g/mol. The second-order valence-electron chi connectivity index (χ2n) is 4.89. The van der Waals surface area contributed by atoms with Crippen LogP contribution in [0.2, 0.25) is 0 Å². The lowest BCUT2D eigenvalue weighted by Crippen LogP contribution is -2.34. The minimum Gasteiger partial charge on any atom is -0.383 e. The molecule has 1 rings (SSSR count). The highest BCUT2D eigenvalue weighted by Crippen LogP contribution is 2.23. The van der Waals surface area contributed by atoms with Crippen molar-refractivity contribution in [2.75, 3.05) is 26.8 Å². The SMILES string of the molecule is C=CCN(CCOC)S(=O)(=O)c1cc(CN)c(C)cc1C. The summed E-state index contributed by atoms with van der Waals surface area (Å²) in [4.78, 5) is 0.298. The predicted octanol–water partition coefficient (Wildman–Crippen LogP) is 1.59. The molecule has 0 aliphatic rings. The topological polar surface area (TPSA) is 72.6 Å². The van der Waals surface area contributed by atoms with Gasteiger partial charge in [0.05, 0.1) is 11.5 Å². The van der Waals surface area contributed by atoms with Crippen molar-refractivity contribution in [3.8, 4) is 0 Å². The first-order valence-electron chi connectivity index (χ1n) is 6.78. The van der Waals surface area contributed by atoms with Crippen LogP contribution in [0.25, 0.3) is 0 Å². The van der Waals surface area contributed by atoms with Crippen LogP contribution in [0.3, 0.4) is 0 Å². The Morgan fingerprint density at radius 2 is 2.00 bits per heavy atom. The van der Waals surface area contributed by atoms with Gasteiger partial charge < -0.3 is 10.5 Å². The van der Waals surface area contributed by atoms with E-state index < -0.39 is 10.0 Å². The fourth-order valence-corrected chi connectivity index (χ4v) is 3.81. The second-order valence-corrected chi connectivity index (χ2v) is 6.80. The molecule has 0 fully saturated rings. The van der Waals surface area contributed by atoms with E-state index >= 15 is 0 Å². The van der Waals surface area contributed by atoms with Crippen LogP contribution in [0.5, 0.6) is 0 Å². The van der Waals surface area contributed by atoms with Gasteiger partial charge in [-0.1, -0.05) is 12.1 Å². The maximum Gasteiger partial charge on any atom is 0.243 e.